The molecule has 1 aromatic carbocycles. The Balaban J connectivity index is 1.45. The molecule has 0 heterocycles. The van der Waals surface area contributed by atoms with Crippen LogP contribution in [0.15, 0.2) is 30.3 Å². The average Bonchev–Trinajstić information content (AvgIpc) is 2.62. The van der Waals surface area contributed by atoms with Crippen molar-refractivity contribution in [3.8, 4) is 0 Å². The van der Waals surface area contributed by atoms with Crippen molar-refractivity contribution < 1.29 is 14.3 Å². The molecule has 4 bridgehead atoms. The van der Waals surface area contributed by atoms with Crippen LogP contribution in [0.5, 0.6) is 0 Å². The van der Waals surface area contributed by atoms with Gasteiger partial charge in [-0.05, 0) is 82.3 Å². The molecule has 4 nitrogen and oxygen atoms in total. The van der Waals surface area contributed by atoms with Crippen LogP contribution < -0.4 is 4.90 Å². The summed E-state index contributed by atoms with van der Waals surface area (Å²) in [5.41, 5.74) is 0.533. The number of rotatable bonds is 5. The van der Waals surface area contributed by atoms with Crippen LogP contribution in [0.1, 0.15) is 52.4 Å². The van der Waals surface area contributed by atoms with E-state index in [2.05, 4.69) is 0 Å². The number of carbonyl (C=O) groups excluding carboxylic acids is 2. The van der Waals surface area contributed by atoms with Crippen molar-refractivity contribution in [3.63, 3.8) is 0 Å². The summed E-state index contributed by atoms with van der Waals surface area (Å²) in [6, 6.07) is 9.58. The Bertz CT molecular complexity index is 649. The number of hydrogen-bond acceptors (Lipinski definition) is 3. The van der Waals surface area contributed by atoms with Crippen LogP contribution in [-0.4, -0.2) is 24.5 Å². The fraction of sp³-hybridized carbons (Fsp3) is 0.636. The summed E-state index contributed by atoms with van der Waals surface area (Å²) in [5.74, 6) is 1.81. The van der Waals surface area contributed by atoms with Crippen LogP contribution in [-0.2, 0) is 14.3 Å². The number of para-hydroxylation sites is 1. The minimum Gasteiger partial charge on any atom is -0.452 e. The SMILES string of the molecule is CCN(C(=O)[C@@H](C)OC(=O)C12CC3CC(CC(C3)C1)C2)c1ccccc1. The summed E-state index contributed by atoms with van der Waals surface area (Å²) in [6.45, 7) is 4.22. The van der Waals surface area contributed by atoms with Gasteiger partial charge in [0, 0.05) is 12.2 Å². The van der Waals surface area contributed by atoms with Crippen LogP contribution in [0.3, 0.4) is 0 Å². The summed E-state index contributed by atoms with van der Waals surface area (Å²) >= 11 is 0. The van der Waals surface area contributed by atoms with Crippen molar-refractivity contribution in [1.29, 1.82) is 0 Å². The van der Waals surface area contributed by atoms with Crippen LogP contribution in [0, 0.1) is 23.2 Å². The fourth-order valence-electron chi connectivity index (χ4n) is 5.99. The summed E-state index contributed by atoms with van der Waals surface area (Å²) in [4.78, 5) is 27.6. The molecule has 1 aromatic rings. The summed E-state index contributed by atoms with van der Waals surface area (Å²) in [7, 11) is 0. The maximum absolute atomic E-state index is 13.1. The predicted molar refractivity (Wildman–Crippen MR) is 101 cm³/mol. The second-order valence-electron chi connectivity index (χ2n) is 8.66. The van der Waals surface area contributed by atoms with Crippen molar-refractivity contribution >= 4 is 17.6 Å². The molecule has 1 amide bonds. The predicted octanol–water partition coefficient (Wildman–Crippen LogP) is 4.19. The van der Waals surface area contributed by atoms with Crippen molar-refractivity contribution in [2.24, 2.45) is 23.2 Å². The van der Waals surface area contributed by atoms with Crippen molar-refractivity contribution in [2.75, 3.05) is 11.4 Å². The van der Waals surface area contributed by atoms with Gasteiger partial charge in [0.05, 0.1) is 5.41 Å². The number of ether oxygens (including phenoxy) is 1. The standard InChI is InChI=1S/C22H29NO3/c1-3-23(19-7-5-4-6-8-19)20(24)15(2)26-21(25)22-12-16-9-17(13-22)11-18(10-16)14-22/h4-8,15-18H,3,9-14H2,1-2H3/t15-,16?,17?,18?,22?/m1/s1. The molecular formula is C22H29NO3. The number of hydrogen-bond donors (Lipinski definition) is 0. The number of nitrogens with zero attached hydrogens (tertiary/aromatic N) is 1. The van der Waals surface area contributed by atoms with Crippen LogP contribution in [0.4, 0.5) is 5.69 Å². The van der Waals surface area contributed by atoms with E-state index < -0.39 is 6.10 Å². The zero-order valence-corrected chi connectivity index (χ0v) is 15.8. The first-order valence-corrected chi connectivity index (χ1v) is 10.1. The minimum atomic E-state index is -0.740. The molecule has 0 unspecified atom stereocenters. The minimum absolute atomic E-state index is 0.124. The van der Waals surface area contributed by atoms with E-state index in [4.69, 9.17) is 4.74 Å². The van der Waals surface area contributed by atoms with Crippen LogP contribution in [0.25, 0.3) is 0 Å². The average molecular weight is 355 g/mol. The molecule has 4 aliphatic carbocycles. The van der Waals surface area contributed by atoms with E-state index in [1.54, 1.807) is 11.8 Å². The maximum atomic E-state index is 13.1. The van der Waals surface area contributed by atoms with E-state index in [1.807, 2.05) is 37.3 Å². The molecule has 0 saturated heterocycles. The van der Waals surface area contributed by atoms with Gasteiger partial charge >= 0.3 is 5.97 Å². The maximum Gasteiger partial charge on any atom is 0.312 e. The topological polar surface area (TPSA) is 46.6 Å². The highest BCUT2D eigenvalue weighted by Crippen LogP contribution is 2.60. The Labute approximate surface area is 155 Å². The molecular weight excluding hydrogens is 326 g/mol. The highest BCUT2D eigenvalue weighted by atomic mass is 16.5. The second-order valence-corrected chi connectivity index (χ2v) is 8.66. The zero-order valence-electron chi connectivity index (χ0n) is 15.8. The third kappa shape index (κ3) is 3.04. The van der Waals surface area contributed by atoms with E-state index in [0.717, 1.165) is 24.9 Å². The Kier molecular flexibility index (Phi) is 4.54. The smallest absolute Gasteiger partial charge is 0.312 e. The summed E-state index contributed by atoms with van der Waals surface area (Å²) in [6.07, 6.45) is 6.03. The lowest BCUT2D eigenvalue weighted by atomic mass is 9.49. The Hall–Kier alpha value is -1.84. The molecule has 0 aliphatic heterocycles. The lowest BCUT2D eigenvalue weighted by molar-refractivity contribution is -0.178. The highest BCUT2D eigenvalue weighted by molar-refractivity contribution is 5.97. The van der Waals surface area contributed by atoms with Gasteiger partial charge in [-0.2, -0.15) is 0 Å². The Morgan fingerprint density at radius 1 is 1.08 bits per heavy atom. The molecule has 0 spiro atoms. The van der Waals surface area contributed by atoms with E-state index >= 15 is 0 Å². The molecule has 4 fully saturated rings. The van der Waals surface area contributed by atoms with E-state index in [0.29, 0.717) is 24.3 Å². The largest absolute Gasteiger partial charge is 0.452 e. The van der Waals surface area contributed by atoms with Crippen LogP contribution in [0.2, 0.25) is 0 Å². The van der Waals surface area contributed by atoms with Gasteiger partial charge in [0.25, 0.3) is 5.91 Å². The van der Waals surface area contributed by atoms with Gasteiger partial charge in [-0.15, -0.1) is 0 Å². The number of anilines is 1. The molecule has 4 saturated carbocycles. The summed E-state index contributed by atoms with van der Waals surface area (Å²) in [5, 5.41) is 0. The monoisotopic (exact) mass is 355 g/mol. The molecule has 4 aliphatic rings. The van der Waals surface area contributed by atoms with Crippen molar-refractivity contribution in [1.82, 2.24) is 0 Å². The number of likely N-dealkylation sites (N-methyl/N-ethyl adjacent to an activating group) is 1. The first-order chi connectivity index (χ1) is 12.5. The number of benzene rings is 1. The van der Waals surface area contributed by atoms with Gasteiger partial charge in [-0.1, -0.05) is 18.2 Å². The molecule has 0 aromatic heterocycles. The number of esters is 1. The Morgan fingerprint density at radius 3 is 2.12 bits per heavy atom. The molecule has 0 N–H and O–H groups in total. The van der Waals surface area contributed by atoms with Gasteiger partial charge in [0.15, 0.2) is 6.10 Å². The first-order valence-electron chi connectivity index (χ1n) is 10.1. The summed E-state index contributed by atoms with van der Waals surface area (Å²) < 4.78 is 5.77. The zero-order chi connectivity index (χ0) is 18.3. The van der Waals surface area contributed by atoms with E-state index in [-0.39, 0.29) is 17.3 Å². The molecule has 26 heavy (non-hydrogen) atoms. The normalized spacial score (nSPS) is 32.9. The fourth-order valence-corrected chi connectivity index (χ4v) is 5.99. The van der Waals surface area contributed by atoms with Gasteiger partial charge in [0.1, 0.15) is 0 Å². The number of amides is 1. The van der Waals surface area contributed by atoms with Crippen LogP contribution >= 0.6 is 0 Å². The molecule has 5 rings (SSSR count). The lowest BCUT2D eigenvalue weighted by Crippen LogP contribution is -2.52. The van der Waals surface area contributed by atoms with Crippen molar-refractivity contribution in [3.05, 3.63) is 30.3 Å². The Morgan fingerprint density at radius 2 is 1.62 bits per heavy atom. The lowest BCUT2D eigenvalue weighted by Gasteiger charge is -2.55. The highest BCUT2D eigenvalue weighted by Gasteiger charge is 2.55. The van der Waals surface area contributed by atoms with Gasteiger partial charge in [-0.25, -0.2) is 0 Å². The molecule has 4 heteroatoms. The van der Waals surface area contributed by atoms with E-state index in [9.17, 15) is 9.59 Å². The quantitative estimate of drug-likeness (QED) is 0.744. The molecule has 0 radical (unpaired) electrons. The van der Waals surface area contributed by atoms with Crippen molar-refractivity contribution in [2.45, 2.75) is 58.5 Å². The van der Waals surface area contributed by atoms with Gasteiger partial charge in [0.2, 0.25) is 0 Å². The molecule has 1 atom stereocenters. The third-order valence-corrected chi connectivity index (χ3v) is 6.75. The molecule has 140 valence electrons. The third-order valence-electron chi connectivity index (χ3n) is 6.75. The number of carbonyl (C=O) groups is 2. The van der Waals surface area contributed by atoms with E-state index in [1.165, 1.54) is 19.3 Å². The van der Waals surface area contributed by atoms with Gasteiger partial charge < -0.3 is 9.64 Å². The van der Waals surface area contributed by atoms with Gasteiger partial charge in [-0.3, -0.25) is 9.59 Å². The first kappa shape index (κ1) is 17.6. The second kappa shape index (κ2) is 6.71.